The van der Waals surface area contributed by atoms with Crippen LogP contribution in [-0.2, 0) is 7.05 Å². The molecule has 0 saturated carbocycles. The summed E-state index contributed by atoms with van der Waals surface area (Å²) in [5, 5.41) is 3.85. The first-order chi connectivity index (χ1) is 8.00. The fourth-order valence-electron chi connectivity index (χ4n) is 1.51. The van der Waals surface area contributed by atoms with Gasteiger partial charge < -0.3 is 0 Å². The second kappa shape index (κ2) is 4.01. The first-order valence-corrected chi connectivity index (χ1v) is 5.23. The maximum atomic E-state index is 11.8. The average molecular weight is 231 g/mol. The lowest BCUT2D eigenvalue weighted by Crippen LogP contribution is -2.38. The van der Waals surface area contributed by atoms with E-state index in [0.29, 0.717) is 5.69 Å². The Morgan fingerprint density at radius 1 is 1.12 bits per heavy atom. The highest BCUT2D eigenvalue weighted by Gasteiger charge is 2.05. The predicted molar refractivity (Wildman–Crippen MR) is 64.5 cm³/mol. The molecule has 0 atom stereocenters. The Bertz CT molecular complexity index is 683. The molecule has 0 aliphatic carbocycles. The number of hydrogen-bond acceptors (Lipinski definition) is 3. The van der Waals surface area contributed by atoms with Gasteiger partial charge >= 0.3 is 5.69 Å². The molecule has 2 rings (SSSR count). The van der Waals surface area contributed by atoms with Crippen molar-refractivity contribution in [3.63, 3.8) is 0 Å². The molecule has 0 saturated heterocycles. The SMILES string of the molecule is Cc1ccc(-n2ncc(=O)n(C)c2=O)cc1C. The Labute approximate surface area is 98.0 Å². The summed E-state index contributed by atoms with van der Waals surface area (Å²) in [6, 6.07) is 5.60. The van der Waals surface area contributed by atoms with Crippen LogP contribution >= 0.6 is 0 Å². The third kappa shape index (κ3) is 1.91. The molecular formula is C12H13N3O2. The summed E-state index contributed by atoms with van der Waals surface area (Å²) >= 11 is 0. The van der Waals surface area contributed by atoms with E-state index in [1.165, 1.54) is 11.7 Å². The molecule has 88 valence electrons. The van der Waals surface area contributed by atoms with E-state index in [2.05, 4.69) is 5.10 Å². The second-order valence-electron chi connectivity index (χ2n) is 4.00. The van der Waals surface area contributed by atoms with Crippen molar-refractivity contribution in [2.45, 2.75) is 13.8 Å². The van der Waals surface area contributed by atoms with Crippen molar-refractivity contribution in [1.82, 2.24) is 14.3 Å². The molecule has 1 aromatic carbocycles. The first-order valence-electron chi connectivity index (χ1n) is 5.23. The molecule has 0 bridgehead atoms. The van der Waals surface area contributed by atoms with E-state index in [1.54, 1.807) is 6.07 Å². The van der Waals surface area contributed by atoms with Gasteiger partial charge in [-0.2, -0.15) is 9.78 Å². The van der Waals surface area contributed by atoms with Crippen LogP contribution in [0.1, 0.15) is 11.1 Å². The maximum Gasteiger partial charge on any atom is 0.351 e. The normalized spacial score (nSPS) is 10.5. The number of benzene rings is 1. The van der Waals surface area contributed by atoms with Gasteiger partial charge in [0, 0.05) is 7.05 Å². The molecule has 5 nitrogen and oxygen atoms in total. The minimum atomic E-state index is -0.444. The Kier molecular flexibility index (Phi) is 2.67. The zero-order chi connectivity index (χ0) is 12.6. The zero-order valence-electron chi connectivity index (χ0n) is 9.97. The molecule has 0 spiro atoms. The van der Waals surface area contributed by atoms with Gasteiger partial charge in [0.2, 0.25) is 0 Å². The van der Waals surface area contributed by atoms with E-state index in [0.717, 1.165) is 21.9 Å². The molecule has 0 unspecified atom stereocenters. The van der Waals surface area contributed by atoms with Crippen LogP contribution in [0.4, 0.5) is 0 Å². The lowest BCUT2D eigenvalue weighted by Gasteiger charge is -2.07. The third-order valence-electron chi connectivity index (χ3n) is 2.82. The summed E-state index contributed by atoms with van der Waals surface area (Å²) in [6.45, 7) is 3.96. The molecule has 2 aromatic rings. The van der Waals surface area contributed by atoms with Crippen LogP contribution in [0, 0.1) is 13.8 Å². The summed E-state index contributed by atoms with van der Waals surface area (Å²) in [6.07, 6.45) is 1.14. The molecule has 0 fully saturated rings. The molecule has 5 heteroatoms. The van der Waals surface area contributed by atoms with E-state index in [-0.39, 0.29) is 0 Å². The number of rotatable bonds is 1. The highest BCUT2D eigenvalue weighted by atomic mass is 16.2. The molecule has 17 heavy (non-hydrogen) atoms. The van der Waals surface area contributed by atoms with E-state index >= 15 is 0 Å². The minimum Gasteiger partial charge on any atom is -0.267 e. The number of nitrogens with zero attached hydrogens (tertiary/aromatic N) is 3. The highest BCUT2D eigenvalue weighted by molar-refractivity contribution is 5.38. The molecule has 1 aromatic heterocycles. The smallest absolute Gasteiger partial charge is 0.267 e. The first kappa shape index (κ1) is 11.3. The summed E-state index contributed by atoms with van der Waals surface area (Å²) in [5.41, 5.74) is 2.03. The van der Waals surface area contributed by atoms with Crippen molar-refractivity contribution in [3.05, 3.63) is 56.4 Å². The summed E-state index contributed by atoms with van der Waals surface area (Å²) in [5.74, 6) is 0. The van der Waals surface area contributed by atoms with Gasteiger partial charge in [-0.15, -0.1) is 0 Å². The van der Waals surface area contributed by atoms with Crippen LogP contribution in [0.5, 0.6) is 0 Å². The Morgan fingerprint density at radius 3 is 2.47 bits per heavy atom. The molecule has 0 aliphatic heterocycles. The van der Waals surface area contributed by atoms with Crippen molar-refractivity contribution in [3.8, 4) is 5.69 Å². The second-order valence-corrected chi connectivity index (χ2v) is 4.00. The largest absolute Gasteiger partial charge is 0.351 e. The zero-order valence-corrected chi connectivity index (χ0v) is 9.97. The van der Waals surface area contributed by atoms with Gasteiger partial charge in [0.05, 0.1) is 5.69 Å². The van der Waals surface area contributed by atoms with Gasteiger partial charge in [0.25, 0.3) is 5.56 Å². The Morgan fingerprint density at radius 2 is 1.82 bits per heavy atom. The quantitative estimate of drug-likeness (QED) is 0.720. The van der Waals surface area contributed by atoms with Crippen molar-refractivity contribution in [2.75, 3.05) is 0 Å². The number of aryl methyl sites for hydroxylation is 2. The number of hydrogen-bond donors (Lipinski definition) is 0. The average Bonchev–Trinajstić information content (AvgIpc) is 2.30. The van der Waals surface area contributed by atoms with Crippen molar-refractivity contribution in [2.24, 2.45) is 7.05 Å². The van der Waals surface area contributed by atoms with Gasteiger partial charge in [-0.3, -0.25) is 9.36 Å². The highest BCUT2D eigenvalue weighted by Crippen LogP contribution is 2.11. The van der Waals surface area contributed by atoms with Gasteiger partial charge in [0.15, 0.2) is 0 Å². The van der Waals surface area contributed by atoms with Gasteiger partial charge in [-0.1, -0.05) is 6.07 Å². The summed E-state index contributed by atoms with van der Waals surface area (Å²) in [4.78, 5) is 23.1. The lowest BCUT2D eigenvalue weighted by atomic mass is 10.1. The van der Waals surface area contributed by atoms with Crippen LogP contribution in [0.3, 0.4) is 0 Å². The molecule has 1 heterocycles. The van der Waals surface area contributed by atoms with E-state index in [1.807, 2.05) is 26.0 Å². The van der Waals surface area contributed by atoms with Crippen LogP contribution in [0.2, 0.25) is 0 Å². The summed E-state index contributed by atoms with van der Waals surface area (Å²) in [7, 11) is 1.43. The van der Waals surface area contributed by atoms with Gasteiger partial charge in [-0.05, 0) is 37.1 Å². The van der Waals surface area contributed by atoms with Gasteiger partial charge in [0.1, 0.15) is 6.20 Å². The van der Waals surface area contributed by atoms with E-state index in [4.69, 9.17) is 0 Å². The molecule has 0 amide bonds. The van der Waals surface area contributed by atoms with E-state index < -0.39 is 11.2 Å². The molecule has 0 N–H and O–H groups in total. The minimum absolute atomic E-state index is 0.407. The maximum absolute atomic E-state index is 11.8. The third-order valence-corrected chi connectivity index (χ3v) is 2.82. The Balaban J connectivity index is 2.69. The van der Waals surface area contributed by atoms with Crippen molar-refractivity contribution < 1.29 is 0 Å². The van der Waals surface area contributed by atoms with Crippen LogP contribution in [0.15, 0.2) is 34.0 Å². The van der Waals surface area contributed by atoms with E-state index in [9.17, 15) is 9.59 Å². The number of aromatic nitrogens is 3. The molecule has 0 aliphatic rings. The van der Waals surface area contributed by atoms with Gasteiger partial charge in [-0.25, -0.2) is 4.79 Å². The van der Waals surface area contributed by atoms with Crippen LogP contribution in [0.25, 0.3) is 5.69 Å². The fraction of sp³-hybridized carbons (Fsp3) is 0.250. The standard InChI is InChI=1S/C12H13N3O2/c1-8-4-5-10(6-9(8)2)15-12(17)14(3)11(16)7-13-15/h4-7H,1-3H3. The molecular weight excluding hydrogens is 218 g/mol. The monoisotopic (exact) mass is 231 g/mol. The predicted octanol–water partition coefficient (Wildman–Crippen LogP) is 0.548. The van der Waals surface area contributed by atoms with Crippen molar-refractivity contribution >= 4 is 0 Å². The summed E-state index contributed by atoms with van der Waals surface area (Å²) < 4.78 is 2.25. The van der Waals surface area contributed by atoms with Crippen LogP contribution < -0.4 is 11.2 Å². The fourth-order valence-corrected chi connectivity index (χ4v) is 1.51. The lowest BCUT2D eigenvalue weighted by molar-refractivity contribution is 0.654. The van der Waals surface area contributed by atoms with Crippen molar-refractivity contribution in [1.29, 1.82) is 0 Å². The van der Waals surface area contributed by atoms with Crippen LogP contribution in [-0.4, -0.2) is 14.3 Å². The Hall–Kier alpha value is -2.17. The topological polar surface area (TPSA) is 56.9 Å². The molecule has 0 radical (unpaired) electrons.